The molecule has 0 bridgehead atoms. The Hall–Kier alpha value is -1.16. The summed E-state index contributed by atoms with van der Waals surface area (Å²) in [5.41, 5.74) is 0.636. The van der Waals surface area contributed by atoms with Gasteiger partial charge in [0, 0.05) is 24.3 Å². The average Bonchev–Trinajstić information content (AvgIpc) is 3.13. The van der Waals surface area contributed by atoms with Crippen LogP contribution in [0.3, 0.4) is 0 Å². The van der Waals surface area contributed by atoms with E-state index in [1.807, 2.05) is 0 Å². The molecule has 0 unspecified atom stereocenters. The van der Waals surface area contributed by atoms with Crippen LogP contribution in [-0.2, 0) is 6.54 Å². The minimum Gasteiger partial charge on any atom is -0.476 e. The van der Waals surface area contributed by atoms with Gasteiger partial charge in [-0.1, -0.05) is 13.8 Å². The van der Waals surface area contributed by atoms with Gasteiger partial charge in [0.05, 0.1) is 6.61 Å². The molecule has 3 nitrogen and oxygen atoms in total. The smallest absolute Gasteiger partial charge is 0.250 e. The lowest BCUT2D eigenvalue weighted by Crippen LogP contribution is -2.17. The molecule has 0 amide bonds. The molecule has 0 radical (unpaired) electrons. The Bertz CT molecular complexity index is 391. The van der Waals surface area contributed by atoms with Gasteiger partial charge >= 0.3 is 0 Å². The Morgan fingerprint density at radius 2 is 2.28 bits per heavy atom. The number of ether oxygens (including phenoxy) is 1. The molecule has 1 aliphatic carbocycles. The molecule has 1 fully saturated rings. The van der Waals surface area contributed by atoms with E-state index in [2.05, 4.69) is 24.1 Å². The van der Waals surface area contributed by atoms with Crippen LogP contribution in [0.25, 0.3) is 0 Å². The van der Waals surface area contributed by atoms with Gasteiger partial charge in [0.25, 0.3) is 5.88 Å². The molecule has 4 heteroatoms. The first-order chi connectivity index (χ1) is 8.66. The number of hydrogen-bond donors (Lipinski definition) is 1. The zero-order valence-electron chi connectivity index (χ0n) is 11.1. The van der Waals surface area contributed by atoms with Crippen molar-refractivity contribution in [1.29, 1.82) is 0 Å². The molecule has 18 heavy (non-hydrogen) atoms. The number of hydrogen-bond acceptors (Lipinski definition) is 3. The highest BCUT2D eigenvalue weighted by atomic mass is 19.1. The maximum atomic E-state index is 14.0. The molecule has 1 N–H and O–H groups in total. The third kappa shape index (κ3) is 3.95. The highest BCUT2D eigenvalue weighted by molar-refractivity contribution is 5.23. The lowest BCUT2D eigenvalue weighted by Gasteiger charge is -2.10. The molecule has 0 saturated heterocycles. The van der Waals surface area contributed by atoms with Gasteiger partial charge < -0.3 is 10.1 Å². The molecule has 2 rings (SSSR count). The van der Waals surface area contributed by atoms with Crippen LogP contribution in [0, 0.1) is 11.7 Å². The SMILES string of the molecule is CC(C)CCOc1nccc(CNC2CC2)c1F. The van der Waals surface area contributed by atoms with Crippen molar-refractivity contribution in [2.45, 2.75) is 45.7 Å². The van der Waals surface area contributed by atoms with Crippen LogP contribution in [0.5, 0.6) is 5.88 Å². The van der Waals surface area contributed by atoms with E-state index in [-0.39, 0.29) is 11.7 Å². The average molecular weight is 252 g/mol. The van der Waals surface area contributed by atoms with Gasteiger partial charge in [-0.3, -0.25) is 0 Å². The summed E-state index contributed by atoms with van der Waals surface area (Å²) >= 11 is 0. The predicted octanol–water partition coefficient (Wildman–Crippen LogP) is 2.90. The minimum absolute atomic E-state index is 0.130. The molecular weight excluding hydrogens is 231 g/mol. The molecule has 0 atom stereocenters. The number of pyridine rings is 1. The first kappa shape index (κ1) is 13.3. The van der Waals surface area contributed by atoms with Crippen LogP contribution in [0.4, 0.5) is 4.39 Å². The Morgan fingerprint density at radius 1 is 1.50 bits per heavy atom. The lowest BCUT2D eigenvalue weighted by molar-refractivity contribution is 0.264. The molecule has 0 spiro atoms. The summed E-state index contributed by atoms with van der Waals surface area (Å²) in [7, 11) is 0. The summed E-state index contributed by atoms with van der Waals surface area (Å²) in [6, 6.07) is 2.28. The second-order valence-electron chi connectivity index (χ2n) is 5.28. The third-order valence-corrected chi connectivity index (χ3v) is 3.03. The Morgan fingerprint density at radius 3 is 2.94 bits per heavy atom. The quantitative estimate of drug-likeness (QED) is 0.810. The van der Waals surface area contributed by atoms with Crippen molar-refractivity contribution in [2.75, 3.05) is 6.61 Å². The maximum absolute atomic E-state index is 14.0. The monoisotopic (exact) mass is 252 g/mol. The normalized spacial score (nSPS) is 15.1. The molecule has 0 aliphatic heterocycles. The molecule has 1 saturated carbocycles. The fourth-order valence-corrected chi connectivity index (χ4v) is 1.63. The fraction of sp³-hybridized carbons (Fsp3) is 0.643. The molecular formula is C14H21FN2O. The zero-order valence-corrected chi connectivity index (χ0v) is 11.1. The highest BCUT2D eigenvalue weighted by Gasteiger charge is 2.21. The topological polar surface area (TPSA) is 34.1 Å². The molecule has 100 valence electrons. The van der Waals surface area contributed by atoms with E-state index >= 15 is 0 Å². The zero-order chi connectivity index (χ0) is 13.0. The van der Waals surface area contributed by atoms with Crippen LogP contribution in [0.1, 0.15) is 38.7 Å². The van der Waals surface area contributed by atoms with Gasteiger partial charge in [-0.15, -0.1) is 0 Å². The Labute approximate surface area is 108 Å². The molecule has 1 aromatic heterocycles. The molecule has 1 heterocycles. The van der Waals surface area contributed by atoms with E-state index in [1.54, 1.807) is 12.3 Å². The number of aromatic nitrogens is 1. The van der Waals surface area contributed by atoms with E-state index < -0.39 is 0 Å². The van der Waals surface area contributed by atoms with Crippen molar-refractivity contribution >= 4 is 0 Å². The summed E-state index contributed by atoms with van der Waals surface area (Å²) in [5, 5.41) is 3.29. The van der Waals surface area contributed by atoms with Gasteiger partial charge in [-0.05, 0) is 31.2 Å². The summed E-state index contributed by atoms with van der Waals surface area (Å²) in [6.45, 7) is 5.30. The van der Waals surface area contributed by atoms with E-state index in [9.17, 15) is 4.39 Å². The Kier molecular flexibility index (Phi) is 4.53. The standard InChI is InChI=1S/C14H21FN2O/c1-10(2)6-8-18-14-13(15)11(5-7-16-14)9-17-12-3-4-12/h5,7,10,12,17H,3-4,6,8-9H2,1-2H3. The largest absolute Gasteiger partial charge is 0.476 e. The minimum atomic E-state index is -0.325. The van der Waals surface area contributed by atoms with E-state index in [0.29, 0.717) is 30.7 Å². The van der Waals surface area contributed by atoms with E-state index in [1.165, 1.54) is 12.8 Å². The van der Waals surface area contributed by atoms with Crippen molar-refractivity contribution in [3.63, 3.8) is 0 Å². The van der Waals surface area contributed by atoms with Gasteiger partial charge in [-0.2, -0.15) is 0 Å². The van der Waals surface area contributed by atoms with Crippen molar-refractivity contribution in [3.05, 3.63) is 23.6 Å². The molecule has 1 aromatic rings. The van der Waals surface area contributed by atoms with Crippen molar-refractivity contribution in [2.24, 2.45) is 5.92 Å². The number of nitrogens with one attached hydrogen (secondary N) is 1. The molecule has 0 aromatic carbocycles. The van der Waals surface area contributed by atoms with Crippen molar-refractivity contribution < 1.29 is 9.13 Å². The van der Waals surface area contributed by atoms with Crippen LogP contribution < -0.4 is 10.1 Å². The summed E-state index contributed by atoms with van der Waals surface area (Å²) < 4.78 is 19.4. The van der Waals surface area contributed by atoms with Crippen molar-refractivity contribution in [3.8, 4) is 5.88 Å². The second-order valence-corrected chi connectivity index (χ2v) is 5.28. The van der Waals surface area contributed by atoms with Crippen LogP contribution in [0.15, 0.2) is 12.3 Å². The number of rotatable bonds is 7. The highest BCUT2D eigenvalue weighted by Crippen LogP contribution is 2.22. The number of nitrogens with zero attached hydrogens (tertiary/aromatic N) is 1. The maximum Gasteiger partial charge on any atom is 0.250 e. The predicted molar refractivity (Wildman–Crippen MR) is 69.0 cm³/mol. The lowest BCUT2D eigenvalue weighted by atomic mass is 10.1. The first-order valence-corrected chi connectivity index (χ1v) is 6.66. The Balaban J connectivity index is 1.90. The van der Waals surface area contributed by atoms with E-state index in [4.69, 9.17) is 4.74 Å². The fourth-order valence-electron chi connectivity index (χ4n) is 1.63. The van der Waals surface area contributed by atoms with E-state index in [0.717, 1.165) is 6.42 Å². The van der Waals surface area contributed by atoms with Gasteiger partial charge in [-0.25, -0.2) is 9.37 Å². The van der Waals surface area contributed by atoms with Crippen LogP contribution >= 0.6 is 0 Å². The first-order valence-electron chi connectivity index (χ1n) is 6.66. The molecule has 1 aliphatic rings. The van der Waals surface area contributed by atoms with Gasteiger partial charge in [0.15, 0.2) is 5.82 Å². The van der Waals surface area contributed by atoms with Crippen LogP contribution in [0.2, 0.25) is 0 Å². The van der Waals surface area contributed by atoms with Gasteiger partial charge in [0.2, 0.25) is 0 Å². The van der Waals surface area contributed by atoms with Gasteiger partial charge in [0.1, 0.15) is 0 Å². The van der Waals surface area contributed by atoms with Crippen LogP contribution in [-0.4, -0.2) is 17.6 Å². The summed E-state index contributed by atoms with van der Waals surface area (Å²) in [5.74, 6) is 0.355. The number of halogens is 1. The third-order valence-electron chi connectivity index (χ3n) is 3.03. The summed E-state index contributed by atoms with van der Waals surface area (Å²) in [4.78, 5) is 3.95. The van der Waals surface area contributed by atoms with Crippen molar-refractivity contribution in [1.82, 2.24) is 10.3 Å². The summed E-state index contributed by atoms with van der Waals surface area (Å²) in [6.07, 6.45) is 4.91. The second kappa shape index (κ2) is 6.14.